The summed E-state index contributed by atoms with van der Waals surface area (Å²) in [5.74, 6) is 1.92. The largest absolute Gasteiger partial charge is 0.356 e. The Morgan fingerprint density at radius 3 is 2.03 bits per heavy atom. The zero-order chi connectivity index (χ0) is 20.3. The van der Waals surface area contributed by atoms with Gasteiger partial charge in [-0.05, 0) is 31.7 Å². The second-order valence-electron chi connectivity index (χ2n) is 7.91. The molecule has 8 heteroatoms. The van der Waals surface area contributed by atoms with Gasteiger partial charge < -0.3 is 9.80 Å². The second kappa shape index (κ2) is 8.67. The first-order chi connectivity index (χ1) is 14.0. The standard InChI is InChI=1S/C21H29N5O2S/c1-18-5-7-19(8-6-18)16-29(27,28)26-13-11-25(12-14-26)21-15-20(22-17-23-21)24-9-3-2-4-10-24/h5-8,15,17H,2-4,9-14,16H2,1H3. The number of hydrogen-bond acceptors (Lipinski definition) is 6. The zero-order valence-electron chi connectivity index (χ0n) is 17.0. The van der Waals surface area contributed by atoms with E-state index in [4.69, 9.17) is 0 Å². The molecule has 4 rings (SSSR count). The summed E-state index contributed by atoms with van der Waals surface area (Å²) in [5, 5.41) is 0. The second-order valence-corrected chi connectivity index (χ2v) is 9.88. The van der Waals surface area contributed by atoms with Crippen LogP contribution in [0.25, 0.3) is 0 Å². The van der Waals surface area contributed by atoms with Crippen molar-refractivity contribution in [1.29, 1.82) is 0 Å². The van der Waals surface area contributed by atoms with Crippen LogP contribution in [0.2, 0.25) is 0 Å². The number of hydrogen-bond donors (Lipinski definition) is 0. The number of anilines is 2. The SMILES string of the molecule is Cc1ccc(CS(=O)(=O)N2CCN(c3cc(N4CCCCC4)ncn3)CC2)cc1. The molecule has 2 fully saturated rings. The summed E-state index contributed by atoms with van der Waals surface area (Å²) in [5.41, 5.74) is 1.97. The lowest BCUT2D eigenvalue weighted by Crippen LogP contribution is -2.49. The molecule has 2 aliphatic rings. The summed E-state index contributed by atoms with van der Waals surface area (Å²) in [7, 11) is -3.31. The van der Waals surface area contributed by atoms with E-state index < -0.39 is 10.0 Å². The first kappa shape index (κ1) is 20.1. The maximum absolute atomic E-state index is 12.8. The summed E-state index contributed by atoms with van der Waals surface area (Å²) >= 11 is 0. The molecule has 0 saturated carbocycles. The van der Waals surface area contributed by atoms with Gasteiger partial charge in [0.25, 0.3) is 0 Å². The molecule has 0 amide bonds. The average Bonchev–Trinajstić information content (AvgIpc) is 2.76. The van der Waals surface area contributed by atoms with Crippen LogP contribution in [0.4, 0.5) is 11.6 Å². The van der Waals surface area contributed by atoms with Crippen molar-refractivity contribution in [2.24, 2.45) is 0 Å². The van der Waals surface area contributed by atoms with Gasteiger partial charge in [0.05, 0.1) is 5.75 Å². The molecule has 2 aromatic rings. The van der Waals surface area contributed by atoms with Gasteiger partial charge >= 0.3 is 0 Å². The number of nitrogens with zero attached hydrogens (tertiary/aromatic N) is 5. The number of benzene rings is 1. The van der Waals surface area contributed by atoms with Crippen molar-refractivity contribution < 1.29 is 8.42 Å². The number of aromatic nitrogens is 2. The van der Waals surface area contributed by atoms with E-state index in [1.807, 2.05) is 37.3 Å². The Labute approximate surface area is 173 Å². The third kappa shape index (κ3) is 4.87. The van der Waals surface area contributed by atoms with Crippen molar-refractivity contribution in [2.75, 3.05) is 49.1 Å². The fourth-order valence-electron chi connectivity index (χ4n) is 3.99. The van der Waals surface area contributed by atoms with Crippen molar-refractivity contribution >= 4 is 21.7 Å². The van der Waals surface area contributed by atoms with Crippen molar-refractivity contribution in [1.82, 2.24) is 14.3 Å². The highest BCUT2D eigenvalue weighted by atomic mass is 32.2. The molecule has 0 spiro atoms. The van der Waals surface area contributed by atoms with Gasteiger partial charge in [0.2, 0.25) is 10.0 Å². The Morgan fingerprint density at radius 2 is 1.41 bits per heavy atom. The van der Waals surface area contributed by atoms with Crippen LogP contribution in [0.5, 0.6) is 0 Å². The van der Waals surface area contributed by atoms with E-state index >= 15 is 0 Å². The zero-order valence-corrected chi connectivity index (χ0v) is 17.8. The lowest BCUT2D eigenvalue weighted by molar-refractivity contribution is 0.383. The lowest BCUT2D eigenvalue weighted by Gasteiger charge is -2.35. The molecule has 3 heterocycles. The average molecular weight is 416 g/mol. The molecule has 156 valence electrons. The van der Waals surface area contributed by atoms with Crippen LogP contribution in [0, 0.1) is 6.92 Å². The van der Waals surface area contributed by atoms with Gasteiger partial charge in [0.1, 0.15) is 18.0 Å². The Balaban J connectivity index is 1.38. The van der Waals surface area contributed by atoms with E-state index in [2.05, 4.69) is 19.8 Å². The molecule has 0 radical (unpaired) electrons. The monoisotopic (exact) mass is 415 g/mol. The molecule has 0 aliphatic carbocycles. The third-order valence-electron chi connectivity index (χ3n) is 5.74. The molecule has 0 atom stereocenters. The highest BCUT2D eigenvalue weighted by Gasteiger charge is 2.28. The van der Waals surface area contributed by atoms with Crippen LogP contribution < -0.4 is 9.80 Å². The molecule has 7 nitrogen and oxygen atoms in total. The molecule has 29 heavy (non-hydrogen) atoms. The maximum Gasteiger partial charge on any atom is 0.218 e. The minimum Gasteiger partial charge on any atom is -0.356 e. The molecule has 1 aromatic heterocycles. The minimum absolute atomic E-state index is 0.0555. The molecule has 2 aliphatic heterocycles. The first-order valence-electron chi connectivity index (χ1n) is 10.4. The van der Waals surface area contributed by atoms with E-state index in [9.17, 15) is 8.42 Å². The topological polar surface area (TPSA) is 69.6 Å². The van der Waals surface area contributed by atoms with Crippen LogP contribution >= 0.6 is 0 Å². The first-order valence-corrected chi connectivity index (χ1v) is 12.0. The summed E-state index contributed by atoms with van der Waals surface area (Å²) in [4.78, 5) is 13.4. The van der Waals surface area contributed by atoms with Gasteiger partial charge in [-0.2, -0.15) is 4.31 Å². The van der Waals surface area contributed by atoms with Crippen molar-refractivity contribution in [2.45, 2.75) is 31.9 Å². The van der Waals surface area contributed by atoms with Crippen molar-refractivity contribution in [3.05, 3.63) is 47.8 Å². The number of piperidine rings is 1. The quantitative estimate of drug-likeness (QED) is 0.747. The summed E-state index contributed by atoms with van der Waals surface area (Å²) in [6, 6.07) is 9.75. The highest BCUT2D eigenvalue weighted by molar-refractivity contribution is 7.88. The maximum atomic E-state index is 12.8. The number of aryl methyl sites for hydroxylation is 1. The van der Waals surface area contributed by atoms with Gasteiger partial charge in [-0.1, -0.05) is 29.8 Å². The van der Waals surface area contributed by atoms with Crippen LogP contribution in [0.1, 0.15) is 30.4 Å². The van der Waals surface area contributed by atoms with Crippen molar-refractivity contribution in [3.8, 4) is 0 Å². The van der Waals surface area contributed by atoms with Gasteiger partial charge in [-0.25, -0.2) is 18.4 Å². The van der Waals surface area contributed by atoms with Crippen LogP contribution in [-0.2, 0) is 15.8 Å². The van der Waals surface area contributed by atoms with E-state index in [0.29, 0.717) is 26.2 Å². The summed E-state index contributed by atoms with van der Waals surface area (Å²) in [6.45, 7) is 6.34. The summed E-state index contributed by atoms with van der Waals surface area (Å²) in [6.07, 6.45) is 5.32. The van der Waals surface area contributed by atoms with Crippen molar-refractivity contribution in [3.63, 3.8) is 0 Å². The lowest BCUT2D eigenvalue weighted by atomic mass is 10.1. The normalized spacial score (nSPS) is 18.8. The molecule has 0 unspecified atom stereocenters. The van der Waals surface area contributed by atoms with E-state index in [0.717, 1.165) is 35.9 Å². The molecular formula is C21H29N5O2S. The molecule has 2 saturated heterocycles. The van der Waals surface area contributed by atoms with E-state index in [1.165, 1.54) is 19.3 Å². The van der Waals surface area contributed by atoms with Crippen LogP contribution in [0.3, 0.4) is 0 Å². The minimum atomic E-state index is -3.31. The Hall–Kier alpha value is -2.19. The van der Waals surface area contributed by atoms with Gasteiger partial charge in [-0.15, -0.1) is 0 Å². The Bertz CT molecular complexity index is 918. The van der Waals surface area contributed by atoms with Gasteiger partial charge in [0.15, 0.2) is 0 Å². The van der Waals surface area contributed by atoms with Crippen LogP contribution in [-0.4, -0.2) is 62.0 Å². The fraction of sp³-hybridized carbons (Fsp3) is 0.524. The molecule has 0 N–H and O–H groups in total. The molecule has 0 bridgehead atoms. The third-order valence-corrected chi connectivity index (χ3v) is 7.59. The molecular weight excluding hydrogens is 386 g/mol. The highest BCUT2D eigenvalue weighted by Crippen LogP contribution is 2.23. The number of piperazine rings is 1. The fourth-order valence-corrected chi connectivity index (χ4v) is 5.50. The van der Waals surface area contributed by atoms with E-state index in [-0.39, 0.29) is 5.75 Å². The molecule has 1 aromatic carbocycles. The summed E-state index contributed by atoms with van der Waals surface area (Å²) < 4.78 is 27.2. The predicted octanol–water partition coefficient (Wildman–Crippen LogP) is 2.43. The van der Waals surface area contributed by atoms with Gasteiger partial charge in [0, 0.05) is 45.3 Å². The predicted molar refractivity (Wildman–Crippen MR) is 116 cm³/mol. The Morgan fingerprint density at radius 1 is 0.828 bits per heavy atom. The smallest absolute Gasteiger partial charge is 0.218 e. The Kier molecular flexibility index (Phi) is 6.01. The number of sulfonamides is 1. The van der Waals surface area contributed by atoms with Gasteiger partial charge in [-0.3, -0.25) is 0 Å². The van der Waals surface area contributed by atoms with Crippen LogP contribution in [0.15, 0.2) is 36.7 Å². The van der Waals surface area contributed by atoms with E-state index in [1.54, 1.807) is 10.6 Å². The number of rotatable bonds is 5.